The standard InChI is InChI=1S/C14H10O10/c15-11(16)7-1-3-21-9(7)13(19)23-5-6-24-14(20)10-8(12(17)18)2-4-22-10/h1-4H,5-6H2,(H,15,16)(H,17,18). The van der Waals surface area contributed by atoms with Gasteiger partial charge in [0.15, 0.2) is 0 Å². The van der Waals surface area contributed by atoms with E-state index in [9.17, 15) is 19.2 Å². The van der Waals surface area contributed by atoms with Crippen LogP contribution in [0, 0.1) is 0 Å². The predicted octanol–water partition coefficient (Wildman–Crippen LogP) is 1.28. The number of aromatic carboxylic acids is 2. The van der Waals surface area contributed by atoms with Crippen LogP contribution in [0.2, 0.25) is 0 Å². The van der Waals surface area contributed by atoms with E-state index in [1.54, 1.807) is 0 Å². The molecular weight excluding hydrogens is 328 g/mol. The van der Waals surface area contributed by atoms with Crippen molar-refractivity contribution in [2.45, 2.75) is 0 Å². The van der Waals surface area contributed by atoms with Crippen molar-refractivity contribution < 1.29 is 47.7 Å². The van der Waals surface area contributed by atoms with Crippen LogP contribution >= 0.6 is 0 Å². The topological polar surface area (TPSA) is 153 Å². The molecule has 0 radical (unpaired) electrons. The molecule has 0 fully saturated rings. The second-order valence-corrected chi connectivity index (χ2v) is 4.21. The Hall–Kier alpha value is -3.56. The van der Waals surface area contributed by atoms with Gasteiger partial charge < -0.3 is 28.5 Å². The number of rotatable bonds is 7. The average Bonchev–Trinajstić information content (AvgIpc) is 3.19. The van der Waals surface area contributed by atoms with Crippen molar-refractivity contribution in [3.63, 3.8) is 0 Å². The summed E-state index contributed by atoms with van der Waals surface area (Å²) < 4.78 is 18.9. The van der Waals surface area contributed by atoms with Gasteiger partial charge in [-0.15, -0.1) is 0 Å². The van der Waals surface area contributed by atoms with E-state index in [0.717, 1.165) is 24.7 Å². The molecular formula is C14H10O10. The molecule has 2 N–H and O–H groups in total. The fourth-order valence-electron chi connectivity index (χ4n) is 1.67. The molecule has 2 aromatic rings. The number of hydrogen-bond acceptors (Lipinski definition) is 8. The minimum atomic E-state index is -1.36. The fraction of sp³-hybridized carbons (Fsp3) is 0.143. The third-order valence-electron chi connectivity index (χ3n) is 2.71. The van der Waals surface area contributed by atoms with Crippen LogP contribution in [0.3, 0.4) is 0 Å². The molecule has 0 spiro atoms. The Labute approximate surface area is 133 Å². The van der Waals surface area contributed by atoms with Gasteiger partial charge in [0.2, 0.25) is 11.5 Å². The Morgan fingerprint density at radius 2 is 1.17 bits per heavy atom. The molecule has 2 heterocycles. The Bertz CT molecular complexity index is 715. The molecule has 0 amide bonds. The van der Waals surface area contributed by atoms with E-state index in [1.807, 2.05) is 0 Å². The van der Waals surface area contributed by atoms with Gasteiger partial charge in [-0.05, 0) is 12.1 Å². The lowest BCUT2D eigenvalue weighted by Crippen LogP contribution is -2.16. The molecule has 0 unspecified atom stereocenters. The zero-order valence-corrected chi connectivity index (χ0v) is 11.9. The number of esters is 2. The normalized spacial score (nSPS) is 10.2. The van der Waals surface area contributed by atoms with E-state index in [2.05, 4.69) is 0 Å². The summed E-state index contributed by atoms with van der Waals surface area (Å²) in [4.78, 5) is 44.9. The van der Waals surface area contributed by atoms with E-state index >= 15 is 0 Å². The molecule has 0 aliphatic rings. The van der Waals surface area contributed by atoms with Gasteiger partial charge in [-0.1, -0.05) is 0 Å². The van der Waals surface area contributed by atoms with Crippen molar-refractivity contribution in [1.82, 2.24) is 0 Å². The van der Waals surface area contributed by atoms with Crippen LogP contribution in [-0.2, 0) is 9.47 Å². The van der Waals surface area contributed by atoms with Gasteiger partial charge in [0, 0.05) is 0 Å². The Kier molecular flexibility index (Phi) is 5.00. The molecule has 0 saturated carbocycles. The maximum absolute atomic E-state index is 11.6. The summed E-state index contributed by atoms with van der Waals surface area (Å²) in [5.41, 5.74) is -0.725. The summed E-state index contributed by atoms with van der Waals surface area (Å²) in [5.74, 6) is -5.79. The first kappa shape index (κ1) is 16.8. The number of carbonyl (C=O) groups excluding carboxylic acids is 2. The molecule has 10 heteroatoms. The molecule has 0 atom stereocenters. The van der Waals surface area contributed by atoms with Crippen molar-refractivity contribution in [2.75, 3.05) is 13.2 Å². The number of carboxylic acid groups (broad SMARTS) is 2. The van der Waals surface area contributed by atoms with E-state index in [4.69, 9.17) is 28.5 Å². The highest BCUT2D eigenvalue weighted by atomic mass is 16.6. The van der Waals surface area contributed by atoms with Gasteiger partial charge >= 0.3 is 23.9 Å². The molecule has 0 aromatic carbocycles. The second-order valence-electron chi connectivity index (χ2n) is 4.21. The van der Waals surface area contributed by atoms with Crippen LogP contribution in [0.15, 0.2) is 33.5 Å². The SMILES string of the molecule is O=C(O)c1ccoc1C(=O)OCCOC(=O)c1occc1C(=O)O. The highest BCUT2D eigenvalue weighted by molar-refractivity contribution is 6.01. The van der Waals surface area contributed by atoms with Gasteiger partial charge in [-0.25, -0.2) is 19.2 Å². The molecule has 2 aromatic heterocycles. The largest absolute Gasteiger partial charge is 0.478 e. The molecule has 0 aliphatic heterocycles. The second kappa shape index (κ2) is 7.13. The van der Waals surface area contributed by atoms with Gasteiger partial charge in [-0.2, -0.15) is 0 Å². The molecule has 126 valence electrons. The zero-order valence-electron chi connectivity index (χ0n) is 11.9. The minimum absolute atomic E-state index is 0.362. The third kappa shape index (κ3) is 3.61. The van der Waals surface area contributed by atoms with Crippen molar-refractivity contribution in [3.05, 3.63) is 47.3 Å². The number of furan rings is 2. The predicted molar refractivity (Wildman–Crippen MR) is 71.9 cm³/mol. The van der Waals surface area contributed by atoms with Crippen molar-refractivity contribution in [2.24, 2.45) is 0 Å². The number of carbonyl (C=O) groups is 4. The van der Waals surface area contributed by atoms with Crippen LogP contribution in [0.1, 0.15) is 41.8 Å². The quantitative estimate of drug-likeness (QED) is 0.557. The summed E-state index contributed by atoms with van der Waals surface area (Å²) in [6, 6.07) is 2.17. The summed E-state index contributed by atoms with van der Waals surface area (Å²) in [5, 5.41) is 17.7. The summed E-state index contributed by atoms with van der Waals surface area (Å²) >= 11 is 0. The van der Waals surface area contributed by atoms with Crippen molar-refractivity contribution >= 4 is 23.9 Å². The highest BCUT2D eigenvalue weighted by Gasteiger charge is 2.23. The Morgan fingerprint density at radius 1 is 0.792 bits per heavy atom. The van der Waals surface area contributed by atoms with Gasteiger partial charge in [0.05, 0.1) is 12.5 Å². The Balaban J connectivity index is 1.84. The van der Waals surface area contributed by atoms with Gasteiger partial charge in [0.25, 0.3) is 0 Å². The maximum atomic E-state index is 11.6. The monoisotopic (exact) mass is 338 g/mol. The third-order valence-corrected chi connectivity index (χ3v) is 2.71. The van der Waals surface area contributed by atoms with Crippen LogP contribution in [0.4, 0.5) is 0 Å². The lowest BCUT2D eigenvalue weighted by atomic mass is 10.2. The first-order valence-corrected chi connectivity index (χ1v) is 6.37. The number of hydrogen-bond donors (Lipinski definition) is 2. The molecule has 0 aliphatic carbocycles. The lowest BCUT2D eigenvalue weighted by Gasteiger charge is -2.05. The number of ether oxygens (including phenoxy) is 2. The van der Waals surface area contributed by atoms with Crippen molar-refractivity contribution in [1.29, 1.82) is 0 Å². The molecule has 0 bridgehead atoms. The first-order valence-electron chi connectivity index (χ1n) is 6.37. The van der Waals surface area contributed by atoms with Crippen LogP contribution in [0.5, 0.6) is 0 Å². The molecule has 10 nitrogen and oxygen atoms in total. The summed E-state index contributed by atoms with van der Waals surface area (Å²) in [7, 11) is 0. The van der Waals surface area contributed by atoms with Crippen LogP contribution in [-0.4, -0.2) is 47.3 Å². The van der Waals surface area contributed by atoms with Crippen LogP contribution < -0.4 is 0 Å². The smallest absolute Gasteiger partial charge is 0.375 e. The first-order chi connectivity index (χ1) is 11.4. The minimum Gasteiger partial charge on any atom is -0.478 e. The lowest BCUT2D eigenvalue weighted by molar-refractivity contribution is 0.0225. The fourth-order valence-corrected chi connectivity index (χ4v) is 1.67. The highest BCUT2D eigenvalue weighted by Crippen LogP contribution is 2.13. The maximum Gasteiger partial charge on any atom is 0.375 e. The Morgan fingerprint density at radius 3 is 1.50 bits per heavy atom. The molecule has 24 heavy (non-hydrogen) atoms. The molecule has 2 rings (SSSR count). The number of carboxylic acids is 2. The van der Waals surface area contributed by atoms with E-state index in [1.165, 1.54) is 0 Å². The van der Waals surface area contributed by atoms with Gasteiger partial charge in [0.1, 0.15) is 24.3 Å². The van der Waals surface area contributed by atoms with Crippen molar-refractivity contribution in [3.8, 4) is 0 Å². The van der Waals surface area contributed by atoms with Crippen LogP contribution in [0.25, 0.3) is 0 Å². The average molecular weight is 338 g/mol. The van der Waals surface area contributed by atoms with E-state index in [-0.39, 0.29) is 11.1 Å². The molecule has 0 saturated heterocycles. The zero-order chi connectivity index (χ0) is 17.7. The summed E-state index contributed by atoms with van der Waals surface area (Å²) in [6.07, 6.45) is 2.04. The van der Waals surface area contributed by atoms with E-state index in [0.29, 0.717) is 0 Å². The van der Waals surface area contributed by atoms with Gasteiger partial charge in [-0.3, -0.25) is 0 Å². The van der Waals surface area contributed by atoms with E-state index < -0.39 is 48.6 Å². The summed E-state index contributed by atoms with van der Waals surface area (Å²) in [6.45, 7) is -0.791.